The van der Waals surface area contributed by atoms with E-state index in [1.54, 1.807) is 0 Å². The summed E-state index contributed by atoms with van der Waals surface area (Å²) in [5, 5.41) is 21.1. The molecule has 0 aromatic heterocycles. The molecule has 0 radical (unpaired) electrons. The zero-order valence-corrected chi connectivity index (χ0v) is 21.3. The van der Waals surface area contributed by atoms with Gasteiger partial charge in [0.05, 0.1) is 34.9 Å². The molecule has 1 aliphatic heterocycles. The summed E-state index contributed by atoms with van der Waals surface area (Å²) in [7, 11) is 2.07. The minimum atomic E-state index is -0.701. The van der Waals surface area contributed by atoms with Crippen molar-refractivity contribution in [3.8, 4) is 12.1 Å². The summed E-state index contributed by atoms with van der Waals surface area (Å²) >= 11 is 0. The number of nitrogens with zero attached hydrogens (tertiary/aromatic N) is 4. The molecule has 0 saturated carbocycles. The third-order valence-electron chi connectivity index (χ3n) is 7.01. The molecule has 6 nitrogen and oxygen atoms in total. The molecular formula is C30H30FN5O. The highest BCUT2D eigenvalue weighted by Crippen LogP contribution is 2.33. The van der Waals surface area contributed by atoms with Crippen molar-refractivity contribution in [3.63, 3.8) is 0 Å². The molecule has 1 N–H and O–H groups in total. The lowest BCUT2D eigenvalue weighted by atomic mass is 9.96. The van der Waals surface area contributed by atoms with E-state index in [1.807, 2.05) is 30.3 Å². The van der Waals surface area contributed by atoms with Gasteiger partial charge in [-0.2, -0.15) is 10.5 Å². The molecule has 1 heterocycles. The Morgan fingerprint density at radius 3 is 2.16 bits per heavy atom. The van der Waals surface area contributed by atoms with Crippen LogP contribution in [0.4, 0.5) is 10.1 Å². The third-order valence-corrected chi connectivity index (χ3v) is 7.01. The maximum atomic E-state index is 14.4. The second-order valence-corrected chi connectivity index (χ2v) is 9.69. The molecule has 2 atom stereocenters. The minimum absolute atomic E-state index is 0.0558. The summed E-state index contributed by atoms with van der Waals surface area (Å²) in [5.41, 5.74) is 4.04. The van der Waals surface area contributed by atoms with E-state index in [0.717, 1.165) is 35.8 Å². The van der Waals surface area contributed by atoms with E-state index in [9.17, 15) is 14.4 Å². The Bertz CT molecular complexity index is 1340. The normalized spacial score (nSPS) is 16.1. The molecular weight excluding hydrogens is 465 g/mol. The molecule has 1 fully saturated rings. The zero-order valence-electron chi connectivity index (χ0n) is 21.3. The Kier molecular flexibility index (Phi) is 7.86. The second-order valence-electron chi connectivity index (χ2n) is 9.69. The monoisotopic (exact) mass is 495 g/mol. The van der Waals surface area contributed by atoms with Gasteiger partial charge in [0.2, 0.25) is 0 Å². The van der Waals surface area contributed by atoms with Gasteiger partial charge >= 0.3 is 0 Å². The first-order valence-corrected chi connectivity index (χ1v) is 12.4. The molecule has 0 aliphatic carbocycles. The SMILES string of the molecule is CC(C)N(C)c1ccc(C(c2ccc(C#N)cc2)N2CC[C@@H](NC(=O)c3ccc(C#N)cc3F)C2)cc1. The van der Waals surface area contributed by atoms with Crippen LogP contribution in [0.25, 0.3) is 0 Å². The zero-order chi connectivity index (χ0) is 26.5. The lowest BCUT2D eigenvalue weighted by Crippen LogP contribution is -2.38. The van der Waals surface area contributed by atoms with Crippen LogP contribution in [0.1, 0.15) is 58.9 Å². The number of nitrogens with one attached hydrogen (secondary N) is 1. The summed E-state index contributed by atoms with van der Waals surface area (Å²) in [4.78, 5) is 17.3. The van der Waals surface area contributed by atoms with Crippen molar-refractivity contribution in [2.45, 2.75) is 38.4 Å². The molecule has 37 heavy (non-hydrogen) atoms. The maximum absolute atomic E-state index is 14.4. The highest BCUT2D eigenvalue weighted by molar-refractivity contribution is 5.94. The summed E-state index contributed by atoms with van der Waals surface area (Å²) in [6, 6.07) is 24.2. The van der Waals surface area contributed by atoms with Gasteiger partial charge in [0.15, 0.2) is 0 Å². The number of benzene rings is 3. The largest absolute Gasteiger partial charge is 0.372 e. The van der Waals surface area contributed by atoms with Gasteiger partial charge in [-0.05, 0) is 73.9 Å². The third kappa shape index (κ3) is 5.80. The van der Waals surface area contributed by atoms with E-state index < -0.39 is 11.7 Å². The summed E-state index contributed by atoms with van der Waals surface area (Å²) < 4.78 is 14.4. The molecule has 1 saturated heterocycles. The Morgan fingerprint density at radius 1 is 1.00 bits per heavy atom. The van der Waals surface area contributed by atoms with Gasteiger partial charge in [-0.1, -0.05) is 24.3 Å². The van der Waals surface area contributed by atoms with Crippen LogP contribution in [-0.4, -0.2) is 43.0 Å². The van der Waals surface area contributed by atoms with Crippen molar-refractivity contribution in [2.75, 3.05) is 25.0 Å². The molecule has 0 spiro atoms. The average Bonchev–Trinajstić information content (AvgIpc) is 3.36. The van der Waals surface area contributed by atoms with Crippen molar-refractivity contribution in [2.24, 2.45) is 0 Å². The number of halogens is 1. The Balaban J connectivity index is 1.55. The predicted molar refractivity (Wildman–Crippen MR) is 142 cm³/mol. The van der Waals surface area contributed by atoms with Crippen molar-refractivity contribution in [3.05, 3.63) is 100 Å². The van der Waals surface area contributed by atoms with Crippen molar-refractivity contribution >= 4 is 11.6 Å². The standard InChI is InChI=1S/C30H30FN5O/c1-20(2)35(3)26-11-9-24(10-12-26)29(23-7-4-21(17-32)5-8-23)36-15-14-25(19-36)34-30(37)27-13-6-22(18-33)16-28(27)31/h4-13,16,20,25,29H,14-15,19H2,1-3H3,(H,34,37)/t25-,29?/m1/s1. The number of hydrogen-bond donors (Lipinski definition) is 1. The molecule has 1 amide bonds. The van der Waals surface area contributed by atoms with Crippen molar-refractivity contribution in [1.29, 1.82) is 10.5 Å². The van der Waals surface area contributed by atoms with E-state index in [-0.39, 0.29) is 23.2 Å². The smallest absolute Gasteiger partial charge is 0.254 e. The van der Waals surface area contributed by atoms with E-state index in [2.05, 4.69) is 66.3 Å². The van der Waals surface area contributed by atoms with E-state index in [1.165, 1.54) is 12.1 Å². The number of likely N-dealkylation sites (tertiary alicyclic amines) is 1. The molecule has 1 unspecified atom stereocenters. The fraction of sp³-hybridized carbons (Fsp3) is 0.300. The fourth-order valence-corrected chi connectivity index (χ4v) is 4.72. The molecule has 4 rings (SSSR count). The van der Waals surface area contributed by atoms with Crippen LogP contribution in [0.2, 0.25) is 0 Å². The van der Waals surface area contributed by atoms with Crippen LogP contribution < -0.4 is 10.2 Å². The van der Waals surface area contributed by atoms with Crippen molar-refractivity contribution in [1.82, 2.24) is 10.2 Å². The molecule has 3 aromatic rings. The lowest BCUT2D eigenvalue weighted by molar-refractivity contribution is 0.0933. The molecule has 3 aromatic carbocycles. The maximum Gasteiger partial charge on any atom is 0.254 e. The van der Waals surface area contributed by atoms with Gasteiger partial charge in [0, 0.05) is 37.9 Å². The minimum Gasteiger partial charge on any atom is -0.372 e. The Hall–Kier alpha value is -4.20. The molecule has 1 aliphatic rings. The highest BCUT2D eigenvalue weighted by atomic mass is 19.1. The molecule has 0 bridgehead atoms. The van der Waals surface area contributed by atoms with Gasteiger partial charge in [0.25, 0.3) is 5.91 Å². The van der Waals surface area contributed by atoms with Crippen LogP contribution in [-0.2, 0) is 0 Å². The molecule has 7 heteroatoms. The van der Waals surface area contributed by atoms with Gasteiger partial charge in [-0.15, -0.1) is 0 Å². The van der Waals surface area contributed by atoms with Crippen LogP contribution in [0.15, 0.2) is 66.7 Å². The van der Waals surface area contributed by atoms with E-state index >= 15 is 0 Å². The van der Waals surface area contributed by atoms with Gasteiger partial charge < -0.3 is 10.2 Å². The van der Waals surface area contributed by atoms with Crippen LogP contribution in [0.3, 0.4) is 0 Å². The van der Waals surface area contributed by atoms with Crippen LogP contribution >= 0.6 is 0 Å². The fourth-order valence-electron chi connectivity index (χ4n) is 4.72. The first kappa shape index (κ1) is 25.9. The highest BCUT2D eigenvalue weighted by Gasteiger charge is 2.31. The van der Waals surface area contributed by atoms with Gasteiger partial charge in [-0.25, -0.2) is 4.39 Å². The Morgan fingerprint density at radius 2 is 1.59 bits per heavy atom. The van der Waals surface area contributed by atoms with Crippen molar-refractivity contribution < 1.29 is 9.18 Å². The van der Waals surface area contributed by atoms with Crippen LogP contribution in [0.5, 0.6) is 0 Å². The number of carbonyl (C=O) groups excluding carboxylic acids is 1. The number of anilines is 1. The average molecular weight is 496 g/mol. The summed E-state index contributed by atoms with van der Waals surface area (Å²) in [5.74, 6) is -1.18. The first-order valence-electron chi connectivity index (χ1n) is 12.4. The second kappa shape index (κ2) is 11.2. The van der Waals surface area contributed by atoms with Gasteiger partial charge in [-0.3, -0.25) is 9.69 Å². The van der Waals surface area contributed by atoms with E-state index in [0.29, 0.717) is 18.2 Å². The summed E-state index contributed by atoms with van der Waals surface area (Å²) in [6.07, 6.45) is 0.727. The Labute approximate surface area is 217 Å². The number of hydrogen-bond acceptors (Lipinski definition) is 5. The summed E-state index contributed by atoms with van der Waals surface area (Å²) in [6.45, 7) is 5.65. The first-order chi connectivity index (χ1) is 17.8. The topological polar surface area (TPSA) is 83.2 Å². The number of amides is 1. The predicted octanol–water partition coefficient (Wildman–Crippen LogP) is 5.01. The number of nitriles is 2. The molecule has 188 valence electrons. The number of carbonyl (C=O) groups is 1. The van der Waals surface area contributed by atoms with E-state index in [4.69, 9.17) is 5.26 Å². The van der Waals surface area contributed by atoms with Crippen LogP contribution in [0, 0.1) is 28.5 Å². The lowest BCUT2D eigenvalue weighted by Gasteiger charge is -2.30. The number of rotatable bonds is 7. The quantitative estimate of drug-likeness (QED) is 0.498. The van der Waals surface area contributed by atoms with Gasteiger partial charge in [0.1, 0.15) is 5.82 Å².